The molecule has 1 heterocycles. The predicted molar refractivity (Wildman–Crippen MR) is 94.2 cm³/mol. The van der Waals surface area contributed by atoms with Crippen LogP contribution in [0, 0.1) is 6.92 Å². The smallest absolute Gasteiger partial charge is 0.270 e. The normalized spacial score (nSPS) is 10.4. The lowest BCUT2D eigenvalue weighted by molar-refractivity contribution is 0.0943. The van der Waals surface area contributed by atoms with E-state index in [1.165, 1.54) is 5.56 Å². The summed E-state index contributed by atoms with van der Waals surface area (Å²) in [7, 11) is 1.64. The van der Waals surface area contributed by atoms with Crippen molar-refractivity contribution in [1.82, 2.24) is 15.3 Å². The van der Waals surface area contributed by atoms with Gasteiger partial charge in [-0.2, -0.15) is 0 Å². The van der Waals surface area contributed by atoms with Crippen LogP contribution in [-0.2, 0) is 11.2 Å². The van der Waals surface area contributed by atoms with Crippen molar-refractivity contribution in [3.05, 3.63) is 53.3 Å². The maximum absolute atomic E-state index is 12.1. The Balaban J connectivity index is 1.89. The highest BCUT2D eigenvalue weighted by Crippen LogP contribution is 2.06. The fraction of sp³-hybridized carbons (Fsp3) is 0.389. The van der Waals surface area contributed by atoms with Crippen molar-refractivity contribution in [3.8, 4) is 0 Å². The summed E-state index contributed by atoms with van der Waals surface area (Å²) in [6, 6.07) is 11.9. The van der Waals surface area contributed by atoms with Gasteiger partial charge in [0.15, 0.2) is 0 Å². The van der Waals surface area contributed by atoms with Crippen LogP contribution < -0.4 is 10.6 Å². The Hall–Kier alpha value is -2.47. The SMILES string of the molecule is COCCCNC(=O)c1cc(C)nc(NCCc2ccccc2)n1. The number of aromatic nitrogens is 2. The highest BCUT2D eigenvalue weighted by molar-refractivity contribution is 5.92. The molecule has 0 spiro atoms. The van der Waals surface area contributed by atoms with Gasteiger partial charge in [-0.1, -0.05) is 30.3 Å². The summed E-state index contributed by atoms with van der Waals surface area (Å²) in [4.78, 5) is 20.8. The third-order valence-electron chi connectivity index (χ3n) is 3.44. The number of nitrogens with one attached hydrogen (secondary N) is 2. The molecule has 0 atom stereocenters. The molecule has 0 radical (unpaired) electrons. The molecule has 24 heavy (non-hydrogen) atoms. The van der Waals surface area contributed by atoms with Gasteiger partial charge in [-0.05, 0) is 31.4 Å². The van der Waals surface area contributed by atoms with Gasteiger partial charge in [-0.25, -0.2) is 9.97 Å². The fourth-order valence-electron chi connectivity index (χ4n) is 2.24. The Labute approximate surface area is 142 Å². The predicted octanol–water partition coefficient (Wildman–Crippen LogP) is 2.21. The van der Waals surface area contributed by atoms with Gasteiger partial charge in [0.2, 0.25) is 5.95 Å². The van der Waals surface area contributed by atoms with E-state index in [1.807, 2.05) is 25.1 Å². The summed E-state index contributed by atoms with van der Waals surface area (Å²) < 4.78 is 4.96. The van der Waals surface area contributed by atoms with Crippen LogP contribution >= 0.6 is 0 Å². The van der Waals surface area contributed by atoms with Gasteiger partial charge in [-0.15, -0.1) is 0 Å². The fourth-order valence-corrected chi connectivity index (χ4v) is 2.24. The standard InChI is InChI=1S/C18H24N4O2/c1-14-13-16(17(23)19-10-6-12-24-2)22-18(21-14)20-11-9-15-7-4-3-5-8-15/h3-5,7-8,13H,6,9-12H2,1-2H3,(H,19,23)(H,20,21,22). The summed E-state index contributed by atoms with van der Waals surface area (Å²) in [5.74, 6) is 0.288. The number of hydrogen-bond donors (Lipinski definition) is 2. The number of benzene rings is 1. The Kier molecular flexibility index (Phi) is 7.17. The monoisotopic (exact) mass is 328 g/mol. The van der Waals surface area contributed by atoms with Gasteiger partial charge in [0, 0.05) is 32.5 Å². The van der Waals surface area contributed by atoms with E-state index >= 15 is 0 Å². The summed E-state index contributed by atoms with van der Waals surface area (Å²) in [5, 5.41) is 6.02. The van der Waals surface area contributed by atoms with Crippen molar-refractivity contribution < 1.29 is 9.53 Å². The third-order valence-corrected chi connectivity index (χ3v) is 3.44. The molecule has 2 rings (SSSR count). The van der Waals surface area contributed by atoms with Crippen molar-refractivity contribution in [3.63, 3.8) is 0 Å². The minimum absolute atomic E-state index is 0.192. The van der Waals surface area contributed by atoms with Crippen LogP contribution in [-0.4, -0.2) is 42.7 Å². The Bertz CT molecular complexity index is 647. The molecule has 1 aromatic heterocycles. The summed E-state index contributed by atoms with van der Waals surface area (Å²) in [6.45, 7) is 3.75. The molecule has 0 aliphatic carbocycles. The molecule has 0 bridgehead atoms. The zero-order valence-corrected chi connectivity index (χ0v) is 14.2. The van der Waals surface area contributed by atoms with Gasteiger partial charge < -0.3 is 15.4 Å². The minimum atomic E-state index is -0.192. The molecule has 0 aliphatic rings. The van der Waals surface area contributed by atoms with Gasteiger partial charge in [-0.3, -0.25) is 4.79 Å². The van der Waals surface area contributed by atoms with Crippen LogP contribution in [0.4, 0.5) is 5.95 Å². The molecule has 0 fully saturated rings. The number of carbonyl (C=O) groups is 1. The molecule has 0 saturated carbocycles. The van der Waals surface area contributed by atoms with E-state index < -0.39 is 0 Å². The van der Waals surface area contributed by atoms with E-state index in [0.29, 0.717) is 31.3 Å². The summed E-state index contributed by atoms with van der Waals surface area (Å²) in [5.41, 5.74) is 2.38. The molecule has 1 amide bonds. The van der Waals surface area contributed by atoms with Crippen molar-refractivity contribution in [1.29, 1.82) is 0 Å². The van der Waals surface area contributed by atoms with Crippen molar-refractivity contribution in [2.45, 2.75) is 19.8 Å². The van der Waals surface area contributed by atoms with Crippen molar-refractivity contribution >= 4 is 11.9 Å². The molecule has 0 aliphatic heterocycles. The molecule has 0 unspecified atom stereocenters. The van der Waals surface area contributed by atoms with E-state index in [4.69, 9.17) is 4.74 Å². The van der Waals surface area contributed by atoms with E-state index in [0.717, 1.165) is 18.5 Å². The molecular weight excluding hydrogens is 304 g/mol. The topological polar surface area (TPSA) is 76.1 Å². The molecule has 6 nitrogen and oxygen atoms in total. The molecule has 2 aromatic rings. The number of hydrogen-bond acceptors (Lipinski definition) is 5. The quantitative estimate of drug-likeness (QED) is 0.690. The zero-order valence-electron chi connectivity index (χ0n) is 14.2. The third kappa shape index (κ3) is 5.96. The number of ether oxygens (including phenoxy) is 1. The van der Waals surface area contributed by atoms with Crippen LogP contribution in [0.5, 0.6) is 0 Å². The first kappa shape index (κ1) is 17.9. The summed E-state index contributed by atoms with van der Waals surface area (Å²) in [6.07, 6.45) is 1.64. The molecular formula is C18H24N4O2. The number of methoxy groups -OCH3 is 1. The number of nitrogens with zero attached hydrogens (tertiary/aromatic N) is 2. The first-order valence-electron chi connectivity index (χ1n) is 8.09. The second-order valence-corrected chi connectivity index (χ2v) is 5.48. The first-order chi connectivity index (χ1) is 11.7. The number of anilines is 1. The highest BCUT2D eigenvalue weighted by Gasteiger charge is 2.10. The van der Waals surface area contributed by atoms with Crippen LogP contribution in [0.1, 0.15) is 28.2 Å². The van der Waals surface area contributed by atoms with Gasteiger partial charge >= 0.3 is 0 Å². The highest BCUT2D eigenvalue weighted by atomic mass is 16.5. The number of rotatable bonds is 9. The maximum Gasteiger partial charge on any atom is 0.270 e. The zero-order chi connectivity index (χ0) is 17.2. The van der Waals surface area contributed by atoms with Gasteiger partial charge in [0.1, 0.15) is 5.69 Å². The lowest BCUT2D eigenvalue weighted by atomic mass is 10.1. The maximum atomic E-state index is 12.1. The minimum Gasteiger partial charge on any atom is -0.385 e. The number of aryl methyl sites for hydroxylation is 1. The average Bonchev–Trinajstić information content (AvgIpc) is 2.59. The largest absolute Gasteiger partial charge is 0.385 e. The molecule has 1 aromatic carbocycles. The van der Waals surface area contributed by atoms with Crippen LogP contribution in [0.2, 0.25) is 0 Å². The molecule has 0 saturated heterocycles. The Morgan fingerprint density at radius 1 is 1.17 bits per heavy atom. The van der Waals surface area contributed by atoms with E-state index in [-0.39, 0.29) is 5.91 Å². The molecule has 128 valence electrons. The van der Waals surface area contributed by atoms with E-state index in [9.17, 15) is 4.79 Å². The van der Waals surface area contributed by atoms with E-state index in [1.54, 1.807) is 13.2 Å². The van der Waals surface area contributed by atoms with Gasteiger partial charge in [0.05, 0.1) is 0 Å². The lowest BCUT2D eigenvalue weighted by Gasteiger charge is -2.09. The second kappa shape index (κ2) is 9.62. The Morgan fingerprint density at radius 3 is 2.71 bits per heavy atom. The first-order valence-corrected chi connectivity index (χ1v) is 8.09. The Morgan fingerprint density at radius 2 is 1.96 bits per heavy atom. The van der Waals surface area contributed by atoms with Crippen LogP contribution in [0.15, 0.2) is 36.4 Å². The summed E-state index contributed by atoms with van der Waals surface area (Å²) >= 11 is 0. The van der Waals surface area contributed by atoms with Crippen LogP contribution in [0.25, 0.3) is 0 Å². The van der Waals surface area contributed by atoms with Crippen molar-refractivity contribution in [2.75, 3.05) is 32.1 Å². The lowest BCUT2D eigenvalue weighted by Crippen LogP contribution is -2.26. The molecule has 2 N–H and O–H groups in total. The second-order valence-electron chi connectivity index (χ2n) is 5.48. The van der Waals surface area contributed by atoms with Crippen molar-refractivity contribution in [2.24, 2.45) is 0 Å². The van der Waals surface area contributed by atoms with Gasteiger partial charge in [0.25, 0.3) is 5.91 Å². The van der Waals surface area contributed by atoms with Crippen LogP contribution in [0.3, 0.4) is 0 Å². The average molecular weight is 328 g/mol. The van der Waals surface area contributed by atoms with E-state index in [2.05, 4.69) is 32.7 Å². The number of carbonyl (C=O) groups excluding carboxylic acids is 1. The number of amides is 1. The molecule has 6 heteroatoms.